The number of aliphatic carboxylic acids is 1. The maximum Gasteiger partial charge on any atom is 0.306 e. The molecule has 1 saturated heterocycles. The summed E-state index contributed by atoms with van der Waals surface area (Å²) in [5.41, 5.74) is 0. The molecule has 1 fully saturated rings. The number of hydrogen-bond donors (Lipinski definition) is 2. The summed E-state index contributed by atoms with van der Waals surface area (Å²) in [6.07, 6.45) is 1.52. The van der Waals surface area contributed by atoms with Crippen LogP contribution < -0.4 is 5.32 Å². The first-order chi connectivity index (χ1) is 8.89. The van der Waals surface area contributed by atoms with E-state index in [1.165, 1.54) is 8.61 Å². The molecular weight excluding hydrogens is 270 g/mol. The highest BCUT2D eigenvalue weighted by atomic mass is 32.2. The van der Waals surface area contributed by atoms with Crippen LogP contribution in [0, 0.1) is 5.92 Å². The van der Waals surface area contributed by atoms with Crippen molar-refractivity contribution in [1.82, 2.24) is 13.9 Å². The third kappa shape index (κ3) is 4.41. The Morgan fingerprint density at radius 3 is 2.47 bits per heavy atom. The van der Waals surface area contributed by atoms with Gasteiger partial charge < -0.3 is 10.4 Å². The Balaban J connectivity index is 2.52. The second-order valence-electron chi connectivity index (χ2n) is 4.80. The van der Waals surface area contributed by atoms with Crippen molar-refractivity contribution in [2.75, 3.05) is 40.3 Å². The standard InChI is InChI=1S/C11H23N3O4S/c1-12-6-3-7-13(2)19(17,18)14-8-4-10(5-9-14)11(15)16/h10,12H,3-9H2,1-2H3,(H,15,16). The van der Waals surface area contributed by atoms with Gasteiger partial charge in [-0.25, -0.2) is 0 Å². The van der Waals surface area contributed by atoms with Crippen molar-refractivity contribution in [2.24, 2.45) is 5.92 Å². The number of carboxylic acids is 1. The highest BCUT2D eigenvalue weighted by molar-refractivity contribution is 7.86. The van der Waals surface area contributed by atoms with Gasteiger partial charge in [0, 0.05) is 26.7 Å². The Labute approximate surface area is 114 Å². The predicted octanol–water partition coefficient (Wildman–Crippen LogP) is -0.431. The molecule has 7 nitrogen and oxygen atoms in total. The monoisotopic (exact) mass is 293 g/mol. The lowest BCUT2D eigenvalue weighted by atomic mass is 9.99. The topological polar surface area (TPSA) is 90.0 Å². The van der Waals surface area contributed by atoms with Crippen LogP contribution in [0.4, 0.5) is 0 Å². The van der Waals surface area contributed by atoms with Crippen molar-refractivity contribution in [3.05, 3.63) is 0 Å². The summed E-state index contributed by atoms with van der Waals surface area (Å²) in [7, 11) is -0.0573. The van der Waals surface area contributed by atoms with Gasteiger partial charge >= 0.3 is 5.97 Å². The van der Waals surface area contributed by atoms with Crippen LogP contribution in [0.25, 0.3) is 0 Å². The Hall–Kier alpha value is -0.700. The maximum absolute atomic E-state index is 12.2. The maximum atomic E-state index is 12.2. The second kappa shape index (κ2) is 7.18. The van der Waals surface area contributed by atoms with Crippen LogP contribution in [0.1, 0.15) is 19.3 Å². The lowest BCUT2D eigenvalue weighted by molar-refractivity contribution is -0.142. The van der Waals surface area contributed by atoms with Crippen molar-refractivity contribution in [1.29, 1.82) is 0 Å². The molecule has 0 aromatic carbocycles. The SMILES string of the molecule is CNCCCN(C)S(=O)(=O)N1CCC(C(=O)O)CC1. The van der Waals surface area contributed by atoms with Crippen LogP contribution in [0.2, 0.25) is 0 Å². The fourth-order valence-corrected chi connectivity index (χ4v) is 3.55. The lowest BCUT2D eigenvalue weighted by Gasteiger charge is -2.32. The van der Waals surface area contributed by atoms with Crippen molar-refractivity contribution in [3.63, 3.8) is 0 Å². The van der Waals surface area contributed by atoms with E-state index in [2.05, 4.69) is 5.32 Å². The molecule has 0 aliphatic carbocycles. The summed E-state index contributed by atoms with van der Waals surface area (Å²) in [5, 5.41) is 11.9. The van der Waals surface area contributed by atoms with Crippen LogP contribution >= 0.6 is 0 Å². The molecule has 1 aliphatic rings. The molecular formula is C11H23N3O4S. The summed E-state index contributed by atoms with van der Waals surface area (Å²) >= 11 is 0. The molecule has 8 heteroatoms. The molecule has 1 aliphatic heterocycles. The quantitative estimate of drug-likeness (QED) is 0.622. The Bertz CT molecular complexity index is 391. The van der Waals surface area contributed by atoms with E-state index in [1.54, 1.807) is 7.05 Å². The first-order valence-corrected chi connectivity index (χ1v) is 7.88. The largest absolute Gasteiger partial charge is 0.481 e. The van der Waals surface area contributed by atoms with Gasteiger partial charge in [0.1, 0.15) is 0 Å². The van der Waals surface area contributed by atoms with Crippen molar-refractivity contribution >= 4 is 16.2 Å². The lowest BCUT2D eigenvalue weighted by Crippen LogP contribution is -2.47. The minimum atomic E-state index is -3.45. The Morgan fingerprint density at radius 2 is 2.00 bits per heavy atom. The molecule has 0 bridgehead atoms. The molecule has 0 atom stereocenters. The summed E-state index contributed by atoms with van der Waals surface area (Å²) in [4.78, 5) is 10.8. The second-order valence-corrected chi connectivity index (χ2v) is 6.83. The van der Waals surface area contributed by atoms with Crippen molar-refractivity contribution < 1.29 is 18.3 Å². The number of carbonyl (C=O) groups is 1. The van der Waals surface area contributed by atoms with E-state index in [-0.39, 0.29) is 13.1 Å². The number of hydrogen-bond acceptors (Lipinski definition) is 4. The number of piperidine rings is 1. The minimum Gasteiger partial charge on any atom is -0.481 e. The molecule has 2 N–H and O–H groups in total. The van der Waals surface area contributed by atoms with E-state index < -0.39 is 22.1 Å². The van der Waals surface area contributed by atoms with E-state index in [0.717, 1.165) is 13.0 Å². The average molecular weight is 293 g/mol. The summed E-state index contributed by atoms with van der Waals surface area (Å²) in [6.45, 7) is 1.80. The van der Waals surface area contributed by atoms with Crippen LogP contribution in [0.3, 0.4) is 0 Å². The van der Waals surface area contributed by atoms with Gasteiger partial charge in [0.05, 0.1) is 5.92 Å². The third-order valence-electron chi connectivity index (χ3n) is 3.42. The smallest absolute Gasteiger partial charge is 0.306 e. The molecule has 0 aromatic rings. The highest BCUT2D eigenvalue weighted by Gasteiger charge is 2.32. The zero-order valence-corrected chi connectivity index (χ0v) is 12.3. The normalized spacial score (nSPS) is 18.9. The van der Waals surface area contributed by atoms with Crippen LogP contribution in [-0.2, 0) is 15.0 Å². The van der Waals surface area contributed by atoms with Crippen LogP contribution in [-0.4, -0.2) is 68.4 Å². The fourth-order valence-electron chi connectivity index (χ4n) is 2.12. The van der Waals surface area contributed by atoms with Gasteiger partial charge in [-0.15, -0.1) is 0 Å². The Kier molecular flexibility index (Phi) is 6.18. The van der Waals surface area contributed by atoms with Crippen LogP contribution in [0.15, 0.2) is 0 Å². The number of nitrogens with one attached hydrogen (secondary N) is 1. The highest BCUT2D eigenvalue weighted by Crippen LogP contribution is 2.21. The van der Waals surface area contributed by atoms with E-state index in [0.29, 0.717) is 19.4 Å². The number of nitrogens with zero attached hydrogens (tertiary/aromatic N) is 2. The Morgan fingerprint density at radius 1 is 1.42 bits per heavy atom. The summed E-state index contributed by atoms with van der Waals surface area (Å²) in [6, 6.07) is 0. The molecule has 19 heavy (non-hydrogen) atoms. The molecule has 0 aromatic heterocycles. The zero-order chi connectivity index (χ0) is 14.5. The molecule has 0 saturated carbocycles. The first-order valence-electron chi connectivity index (χ1n) is 6.48. The molecule has 0 spiro atoms. The molecule has 0 amide bonds. The average Bonchev–Trinajstić information content (AvgIpc) is 2.39. The van der Waals surface area contributed by atoms with Crippen molar-refractivity contribution in [3.8, 4) is 0 Å². The molecule has 0 unspecified atom stereocenters. The molecule has 0 radical (unpaired) electrons. The minimum absolute atomic E-state index is 0.287. The van der Waals surface area contributed by atoms with Gasteiger partial charge in [0.25, 0.3) is 10.2 Å². The van der Waals surface area contributed by atoms with Crippen molar-refractivity contribution in [2.45, 2.75) is 19.3 Å². The first kappa shape index (κ1) is 16.4. The van der Waals surface area contributed by atoms with E-state index >= 15 is 0 Å². The van der Waals surface area contributed by atoms with Gasteiger partial charge in [0.2, 0.25) is 0 Å². The van der Waals surface area contributed by atoms with Crippen LogP contribution in [0.5, 0.6) is 0 Å². The van der Waals surface area contributed by atoms with Gasteiger partial charge in [-0.2, -0.15) is 17.0 Å². The van der Waals surface area contributed by atoms with E-state index in [4.69, 9.17) is 5.11 Å². The van der Waals surface area contributed by atoms with Gasteiger partial charge in [-0.3, -0.25) is 4.79 Å². The molecule has 1 heterocycles. The fraction of sp³-hybridized carbons (Fsp3) is 0.909. The zero-order valence-electron chi connectivity index (χ0n) is 11.5. The molecule has 112 valence electrons. The summed E-state index contributed by atoms with van der Waals surface area (Å²) in [5.74, 6) is -1.25. The van der Waals surface area contributed by atoms with E-state index in [1.807, 2.05) is 7.05 Å². The summed E-state index contributed by atoms with van der Waals surface area (Å²) < 4.78 is 27.2. The van der Waals surface area contributed by atoms with E-state index in [9.17, 15) is 13.2 Å². The third-order valence-corrected chi connectivity index (χ3v) is 5.41. The number of carboxylic acid groups (broad SMARTS) is 1. The van der Waals surface area contributed by atoms with Gasteiger partial charge in [-0.05, 0) is 32.9 Å². The number of rotatable bonds is 7. The predicted molar refractivity (Wildman–Crippen MR) is 72.0 cm³/mol. The van der Waals surface area contributed by atoms with Gasteiger partial charge in [-0.1, -0.05) is 0 Å². The van der Waals surface area contributed by atoms with Gasteiger partial charge in [0.15, 0.2) is 0 Å². The molecule has 1 rings (SSSR count).